The van der Waals surface area contributed by atoms with E-state index in [2.05, 4.69) is 10.6 Å². The number of carboxylic acids is 1. The van der Waals surface area contributed by atoms with Crippen molar-refractivity contribution >= 4 is 23.7 Å². The predicted octanol–water partition coefficient (Wildman–Crippen LogP) is -2.50. The van der Waals surface area contributed by atoms with Gasteiger partial charge >= 0.3 is 5.97 Å². The number of aliphatic carboxylic acids is 1. The zero-order valence-corrected chi connectivity index (χ0v) is 16.1. The topological polar surface area (TPSA) is 188 Å². The van der Waals surface area contributed by atoms with E-state index in [4.69, 9.17) is 16.6 Å². The van der Waals surface area contributed by atoms with E-state index >= 15 is 0 Å². The van der Waals surface area contributed by atoms with Crippen molar-refractivity contribution in [2.75, 3.05) is 19.6 Å². The van der Waals surface area contributed by atoms with Gasteiger partial charge in [0.2, 0.25) is 17.7 Å². The van der Waals surface area contributed by atoms with Crippen LogP contribution in [0.5, 0.6) is 0 Å². The predicted molar refractivity (Wildman–Crippen MR) is 99.9 cm³/mol. The minimum Gasteiger partial charge on any atom is -0.480 e. The number of nitrogens with zero attached hydrogens (tertiary/aromatic N) is 1. The Morgan fingerprint density at radius 2 is 1.93 bits per heavy atom. The lowest BCUT2D eigenvalue weighted by atomic mass is 10.1. The zero-order valence-electron chi connectivity index (χ0n) is 16.1. The number of unbranched alkanes of at least 4 members (excludes halogenated alkanes) is 1. The summed E-state index contributed by atoms with van der Waals surface area (Å²) in [6, 6.07) is -2.85. The molecular weight excluding hydrogens is 370 g/mol. The Labute approximate surface area is 163 Å². The fourth-order valence-electron chi connectivity index (χ4n) is 3.08. The summed E-state index contributed by atoms with van der Waals surface area (Å²) in [4.78, 5) is 49.2. The van der Waals surface area contributed by atoms with Crippen LogP contribution in [0.1, 0.15) is 39.0 Å². The van der Waals surface area contributed by atoms with Crippen molar-refractivity contribution in [2.45, 2.75) is 63.3 Å². The van der Waals surface area contributed by atoms with Gasteiger partial charge in [0, 0.05) is 6.54 Å². The molecule has 4 atom stereocenters. The number of rotatable bonds is 11. The Morgan fingerprint density at radius 3 is 2.50 bits per heavy atom. The lowest BCUT2D eigenvalue weighted by molar-refractivity contribution is -0.142. The van der Waals surface area contributed by atoms with E-state index in [0.717, 1.165) is 6.42 Å². The number of aliphatic hydroxyl groups is 1. The van der Waals surface area contributed by atoms with Gasteiger partial charge < -0.3 is 37.2 Å². The zero-order chi connectivity index (χ0) is 21.3. The molecule has 8 N–H and O–H groups in total. The molecule has 11 heteroatoms. The maximum atomic E-state index is 12.6. The van der Waals surface area contributed by atoms with E-state index in [1.54, 1.807) is 0 Å². The highest BCUT2D eigenvalue weighted by molar-refractivity contribution is 5.94. The van der Waals surface area contributed by atoms with Gasteiger partial charge in [-0.2, -0.15) is 0 Å². The summed E-state index contributed by atoms with van der Waals surface area (Å²) >= 11 is 0. The molecule has 0 aromatic carbocycles. The van der Waals surface area contributed by atoms with Crippen LogP contribution in [0.4, 0.5) is 0 Å². The smallest absolute Gasteiger partial charge is 0.322 e. The third kappa shape index (κ3) is 7.06. The van der Waals surface area contributed by atoms with E-state index in [1.165, 1.54) is 11.8 Å². The van der Waals surface area contributed by atoms with Gasteiger partial charge in [0.15, 0.2) is 0 Å². The second kappa shape index (κ2) is 11.6. The lowest BCUT2D eigenvalue weighted by Crippen LogP contribution is -2.58. The number of aliphatic hydroxyl groups excluding tert-OH is 1. The summed E-state index contributed by atoms with van der Waals surface area (Å²) in [6.07, 6.45) is 1.71. The first-order valence-electron chi connectivity index (χ1n) is 9.43. The van der Waals surface area contributed by atoms with E-state index in [-0.39, 0.29) is 5.91 Å². The molecule has 0 aromatic rings. The van der Waals surface area contributed by atoms with E-state index in [1.807, 2.05) is 0 Å². The SMILES string of the molecule is CC(O)C(NC(=O)C1CCCN1C(=O)C(N)CCCCN)C(=O)NCC(=O)O. The van der Waals surface area contributed by atoms with Crippen LogP contribution in [0.2, 0.25) is 0 Å². The van der Waals surface area contributed by atoms with E-state index in [9.17, 15) is 24.3 Å². The van der Waals surface area contributed by atoms with Crippen LogP contribution in [0.15, 0.2) is 0 Å². The number of carbonyl (C=O) groups is 4. The maximum Gasteiger partial charge on any atom is 0.322 e. The lowest BCUT2D eigenvalue weighted by Gasteiger charge is -2.29. The van der Waals surface area contributed by atoms with Crippen molar-refractivity contribution in [2.24, 2.45) is 11.5 Å². The normalized spacial score (nSPS) is 19.6. The molecule has 3 amide bonds. The summed E-state index contributed by atoms with van der Waals surface area (Å²) in [5, 5.41) is 23.0. The monoisotopic (exact) mass is 401 g/mol. The average molecular weight is 401 g/mol. The number of nitrogens with two attached hydrogens (primary N) is 2. The third-order valence-electron chi connectivity index (χ3n) is 4.60. The molecule has 0 aliphatic carbocycles. The molecule has 1 fully saturated rings. The Morgan fingerprint density at radius 1 is 1.25 bits per heavy atom. The molecule has 0 bridgehead atoms. The highest BCUT2D eigenvalue weighted by Gasteiger charge is 2.38. The highest BCUT2D eigenvalue weighted by Crippen LogP contribution is 2.19. The van der Waals surface area contributed by atoms with Crippen LogP contribution >= 0.6 is 0 Å². The number of carbonyl (C=O) groups excluding carboxylic acids is 3. The first-order chi connectivity index (χ1) is 13.2. The Balaban J connectivity index is 2.72. The van der Waals surface area contributed by atoms with Gasteiger partial charge in [-0.1, -0.05) is 6.42 Å². The van der Waals surface area contributed by atoms with Crippen LogP contribution in [-0.4, -0.2) is 82.7 Å². The highest BCUT2D eigenvalue weighted by atomic mass is 16.4. The molecule has 1 heterocycles. The van der Waals surface area contributed by atoms with E-state index in [0.29, 0.717) is 38.8 Å². The molecule has 1 aliphatic heterocycles. The minimum absolute atomic E-state index is 0.335. The fourth-order valence-corrected chi connectivity index (χ4v) is 3.08. The Bertz CT molecular complexity index is 570. The van der Waals surface area contributed by atoms with Crippen LogP contribution in [0.25, 0.3) is 0 Å². The first-order valence-corrected chi connectivity index (χ1v) is 9.43. The quantitative estimate of drug-likeness (QED) is 0.205. The molecule has 1 aliphatic rings. The third-order valence-corrected chi connectivity index (χ3v) is 4.60. The number of carboxylic acid groups (broad SMARTS) is 1. The van der Waals surface area contributed by atoms with Crippen molar-refractivity contribution in [3.63, 3.8) is 0 Å². The summed E-state index contributed by atoms with van der Waals surface area (Å²) in [5.41, 5.74) is 11.4. The summed E-state index contributed by atoms with van der Waals surface area (Å²) in [6.45, 7) is 1.56. The van der Waals surface area contributed by atoms with Gasteiger partial charge in [0.1, 0.15) is 18.6 Å². The van der Waals surface area contributed by atoms with Gasteiger partial charge in [0.05, 0.1) is 12.1 Å². The largest absolute Gasteiger partial charge is 0.480 e. The summed E-state index contributed by atoms with van der Waals surface area (Å²) < 4.78 is 0. The number of hydrogen-bond acceptors (Lipinski definition) is 7. The van der Waals surface area contributed by atoms with Crippen molar-refractivity contribution in [1.82, 2.24) is 15.5 Å². The second-order valence-corrected chi connectivity index (χ2v) is 6.92. The van der Waals surface area contributed by atoms with Crippen LogP contribution in [0, 0.1) is 0 Å². The number of hydrogen-bond donors (Lipinski definition) is 6. The van der Waals surface area contributed by atoms with Gasteiger partial charge in [-0.3, -0.25) is 19.2 Å². The number of nitrogens with one attached hydrogen (secondary N) is 2. The Hall–Kier alpha value is -2.24. The molecule has 1 rings (SSSR count). The molecule has 1 saturated heterocycles. The van der Waals surface area contributed by atoms with Crippen molar-refractivity contribution in [1.29, 1.82) is 0 Å². The maximum absolute atomic E-state index is 12.6. The van der Waals surface area contributed by atoms with Gasteiger partial charge in [0.25, 0.3) is 0 Å². The Kier molecular flexibility index (Phi) is 9.83. The molecule has 0 spiro atoms. The van der Waals surface area contributed by atoms with Gasteiger partial charge in [-0.25, -0.2) is 0 Å². The number of likely N-dealkylation sites (tertiary alicyclic amines) is 1. The first kappa shape index (κ1) is 23.8. The summed E-state index contributed by atoms with van der Waals surface area (Å²) in [5.74, 6) is -2.99. The van der Waals surface area contributed by atoms with E-state index < -0.39 is 48.6 Å². The molecule has 0 aromatic heterocycles. The molecule has 28 heavy (non-hydrogen) atoms. The van der Waals surface area contributed by atoms with Crippen LogP contribution < -0.4 is 22.1 Å². The fraction of sp³-hybridized carbons (Fsp3) is 0.765. The summed E-state index contributed by atoms with van der Waals surface area (Å²) in [7, 11) is 0. The molecule has 0 saturated carbocycles. The number of amides is 3. The van der Waals surface area contributed by atoms with Crippen molar-refractivity contribution in [3.8, 4) is 0 Å². The molecule has 4 unspecified atom stereocenters. The van der Waals surface area contributed by atoms with Gasteiger partial charge in [-0.15, -0.1) is 0 Å². The van der Waals surface area contributed by atoms with Crippen molar-refractivity contribution < 1.29 is 29.4 Å². The second-order valence-electron chi connectivity index (χ2n) is 6.92. The molecule has 160 valence electrons. The average Bonchev–Trinajstić information content (AvgIpc) is 3.12. The standard InChI is InChI=1S/C17H31N5O6/c1-10(23)14(16(27)20-9-13(24)25)21-15(26)12-6-4-8-22(12)17(28)11(19)5-2-3-7-18/h10-12,14,23H,2-9,18-19H2,1H3,(H,20,27)(H,21,26)(H,24,25). The van der Waals surface area contributed by atoms with Crippen molar-refractivity contribution in [3.05, 3.63) is 0 Å². The molecule has 11 nitrogen and oxygen atoms in total. The molecular formula is C17H31N5O6. The van der Waals surface area contributed by atoms with Gasteiger partial charge in [-0.05, 0) is 39.2 Å². The molecule has 0 radical (unpaired) electrons. The van der Waals surface area contributed by atoms with Crippen LogP contribution in [-0.2, 0) is 19.2 Å². The van der Waals surface area contributed by atoms with Crippen LogP contribution in [0.3, 0.4) is 0 Å². The minimum atomic E-state index is -1.33.